The summed E-state index contributed by atoms with van der Waals surface area (Å²) in [6.45, 7) is 2.05. The summed E-state index contributed by atoms with van der Waals surface area (Å²) in [7, 11) is 3.36. The first kappa shape index (κ1) is 12.7. The third-order valence-electron chi connectivity index (χ3n) is 3.67. The minimum Gasteiger partial charge on any atom is -0.496 e. The van der Waals surface area contributed by atoms with Crippen molar-refractivity contribution < 1.29 is 9.47 Å². The lowest BCUT2D eigenvalue weighted by molar-refractivity contribution is 0.386. The Morgan fingerprint density at radius 1 is 1.24 bits per heavy atom. The summed E-state index contributed by atoms with van der Waals surface area (Å²) in [6.07, 6.45) is 2.21. The van der Waals surface area contributed by atoms with Gasteiger partial charge in [0.1, 0.15) is 11.5 Å². The first-order valence-corrected chi connectivity index (χ1v) is 6.52. The molecule has 0 aromatic heterocycles. The van der Waals surface area contributed by atoms with Crippen LogP contribution in [0.3, 0.4) is 0 Å². The number of hydrogen-bond donors (Lipinski definition) is 1. The number of ether oxygens (including phenoxy) is 2. The first-order valence-electron chi connectivity index (χ1n) is 5.73. The molecule has 1 unspecified atom stereocenters. The Hall–Kier alpha value is -0.740. The van der Waals surface area contributed by atoms with Crippen LogP contribution < -0.4 is 15.2 Å². The van der Waals surface area contributed by atoms with Crippen LogP contribution in [0.5, 0.6) is 11.5 Å². The van der Waals surface area contributed by atoms with Crippen LogP contribution in [0.2, 0.25) is 0 Å². The number of halogens is 1. The van der Waals surface area contributed by atoms with Crippen molar-refractivity contribution >= 4 is 15.9 Å². The van der Waals surface area contributed by atoms with Gasteiger partial charge in [0.05, 0.1) is 18.7 Å². The van der Waals surface area contributed by atoms with Gasteiger partial charge in [-0.25, -0.2) is 0 Å². The van der Waals surface area contributed by atoms with Crippen LogP contribution in [0.25, 0.3) is 0 Å². The monoisotopic (exact) mass is 299 g/mol. The lowest BCUT2D eigenvalue weighted by Crippen LogP contribution is -2.32. The normalized spacial score (nSPS) is 18.6. The molecule has 1 aromatic carbocycles. The molecule has 0 heterocycles. The van der Waals surface area contributed by atoms with Gasteiger partial charge < -0.3 is 15.2 Å². The van der Waals surface area contributed by atoms with Gasteiger partial charge in [-0.1, -0.05) is 0 Å². The van der Waals surface area contributed by atoms with E-state index in [1.807, 2.05) is 12.1 Å². The average molecular weight is 300 g/mol. The molecule has 17 heavy (non-hydrogen) atoms. The largest absolute Gasteiger partial charge is 0.496 e. The van der Waals surface area contributed by atoms with Crippen molar-refractivity contribution in [3.05, 3.63) is 22.2 Å². The van der Waals surface area contributed by atoms with Crippen molar-refractivity contribution in [2.24, 2.45) is 5.73 Å². The molecule has 1 aliphatic carbocycles. The Morgan fingerprint density at radius 3 is 2.18 bits per heavy atom. The van der Waals surface area contributed by atoms with E-state index in [9.17, 15) is 0 Å². The molecule has 1 fully saturated rings. The van der Waals surface area contributed by atoms with Crippen molar-refractivity contribution in [1.82, 2.24) is 0 Å². The first-order chi connectivity index (χ1) is 8.06. The lowest BCUT2D eigenvalue weighted by atomic mass is 9.88. The zero-order chi connectivity index (χ0) is 12.6. The van der Waals surface area contributed by atoms with Crippen LogP contribution >= 0.6 is 15.9 Å². The molecule has 0 saturated heterocycles. The number of benzene rings is 1. The predicted octanol–water partition coefficient (Wildman–Crippen LogP) is 2.85. The maximum atomic E-state index is 6.13. The van der Waals surface area contributed by atoms with E-state index in [-0.39, 0.29) is 11.5 Å². The molecule has 4 heteroatoms. The van der Waals surface area contributed by atoms with Crippen LogP contribution in [0, 0.1) is 0 Å². The lowest BCUT2D eigenvalue weighted by Gasteiger charge is -2.24. The number of methoxy groups -OCH3 is 2. The standard InChI is InChI=1S/C13H18BrNO2/c1-8(15)13(6-7-13)11-9(16-2)4-5-10(17-3)12(11)14/h4-5,8H,6-7,15H2,1-3H3. The quantitative estimate of drug-likeness (QED) is 0.930. The van der Waals surface area contributed by atoms with Crippen LogP contribution in [0.4, 0.5) is 0 Å². The van der Waals surface area contributed by atoms with Gasteiger partial charge in [0, 0.05) is 17.0 Å². The fourth-order valence-electron chi connectivity index (χ4n) is 2.40. The molecular weight excluding hydrogens is 282 g/mol. The van der Waals surface area contributed by atoms with Crippen LogP contribution in [0.1, 0.15) is 25.3 Å². The van der Waals surface area contributed by atoms with Gasteiger partial charge in [-0.05, 0) is 47.8 Å². The average Bonchev–Trinajstić information content (AvgIpc) is 3.09. The highest BCUT2D eigenvalue weighted by Gasteiger charge is 2.50. The Balaban J connectivity index is 2.58. The van der Waals surface area contributed by atoms with Crippen molar-refractivity contribution in [3.8, 4) is 11.5 Å². The molecule has 94 valence electrons. The van der Waals surface area contributed by atoms with E-state index in [0.717, 1.165) is 34.4 Å². The van der Waals surface area contributed by atoms with E-state index in [1.54, 1.807) is 14.2 Å². The summed E-state index contributed by atoms with van der Waals surface area (Å²) >= 11 is 3.62. The molecular formula is C13H18BrNO2. The van der Waals surface area contributed by atoms with Gasteiger partial charge in [0.15, 0.2) is 0 Å². The van der Waals surface area contributed by atoms with Gasteiger partial charge in [-0.2, -0.15) is 0 Å². The second-order valence-corrected chi connectivity index (χ2v) is 5.40. The zero-order valence-electron chi connectivity index (χ0n) is 10.4. The fourth-order valence-corrected chi connectivity index (χ4v) is 3.28. The van der Waals surface area contributed by atoms with E-state index in [4.69, 9.17) is 15.2 Å². The topological polar surface area (TPSA) is 44.5 Å². The highest BCUT2D eigenvalue weighted by atomic mass is 79.9. The Labute approximate surface area is 110 Å². The maximum Gasteiger partial charge on any atom is 0.133 e. The summed E-state index contributed by atoms with van der Waals surface area (Å²) in [5.74, 6) is 1.71. The van der Waals surface area contributed by atoms with Gasteiger partial charge in [-0.3, -0.25) is 0 Å². The van der Waals surface area contributed by atoms with E-state index >= 15 is 0 Å². The highest BCUT2D eigenvalue weighted by molar-refractivity contribution is 9.10. The van der Waals surface area contributed by atoms with Crippen molar-refractivity contribution in [2.45, 2.75) is 31.2 Å². The summed E-state index contributed by atoms with van der Waals surface area (Å²) in [6, 6.07) is 3.96. The van der Waals surface area contributed by atoms with Crippen molar-refractivity contribution in [3.63, 3.8) is 0 Å². The molecule has 2 N–H and O–H groups in total. The minimum absolute atomic E-state index is 0.0404. The summed E-state index contributed by atoms with van der Waals surface area (Å²) < 4.78 is 11.8. The molecule has 0 spiro atoms. The molecule has 1 aliphatic rings. The molecule has 3 nitrogen and oxygen atoms in total. The van der Waals surface area contributed by atoms with Gasteiger partial charge >= 0.3 is 0 Å². The molecule has 0 amide bonds. The Kier molecular flexibility index (Phi) is 3.36. The second kappa shape index (κ2) is 4.50. The molecule has 1 aromatic rings. The van der Waals surface area contributed by atoms with E-state index < -0.39 is 0 Å². The highest BCUT2D eigenvalue weighted by Crippen LogP contribution is 2.56. The molecule has 0 bridgehead atoms. The van der Waals surface area contributed by atoms with E-state index in [0.29, 0.717) is 0 Å². The van der Waals surface area contributed by atoms with Crippen molar-refractivity contribution in [2.75, 3.05) is 14.2 Å². The summed E-state index contributed by atoms with van der Waals surface area (Å²) in [5.41, 5.74) is 7.32. The second-order valence-electron chi connectivity index (χ2n) is 4.60. The van der Waals surface area contributed by atoms with Crippen LogP contribution in [-0.4, -0.2) is 20.3 Å². The number of nitrogens with two attached hydrogens (primary N) is 1. The molecule has 2 rings (SSSR count). The smallest absolute Gasteiger partial charge is 0.133 e. The predicted molar refractivity (Wildman–Crippen MR) is 71.8 cm³/mol. The molecule has 0 radical (unpaired) electrons. The number of rotatable bonds is 4. The Bertz CT molecular complexity index is 428. The third kappa shape index (κ3) is 1.93. The van der Waals surface area contributed by atoms with Crippen LogP contribution in [0.15, 0.2) is 16.6 Å². The molecule has 1 saturated carbocycles. The van der Waals surface area contributed by atoms with Gasteiger partial charge in [0.2, 0.25) is 0 Å². The van der Waals surface area contributed by atoms with Crippen LogP contribution in [-0.2, 0) is 5.41 Å². The molecule has 0 aliphatic heterocycles. The van der Waals surface area contributed by atoms with Crippen molar-refractivity contribution in [1.29, 1.82) is 0 Å². The third-order valence-corrected chi connectivity index (χ3v) is 4.45. The SMILES string of the molecule is COc1ccc(OC)c(C2(C(C)N)CC2)c1Br. The summed E-state index contributed by atoms with van der Waals surface area (Å²) in [4.78, 5) is 0. The molecule has 1 atom stereocenters. The maximum absolute atomic E-state index is 6.13. The Morgan fingerprint density at radius 2 is 1.76 bits per heavy atom. The minimum atomic E-state index is 0.0404. The van der Waals surface area contributed by atoms with Gasteiger partial charge in [-0.15, -0.1) is 0 Å². The van der Waals surface area contributed by atoms with E-state index in [2.05, 4.69) is 22.9 Å². The van der Waals surface area contributed by atoms with E-state index in [1.165, 1.54) is 0 Å². The fraction of sp³-hybridized carbons (Fsp3) is 0.538. The number of hydrogen-bond acceptors (Lipinski definition) is 3. The summed E-state index contributed by atoms with van der Waals surface area (Å²) in [5, 5.41) is 0. The zero-order valence-corrected chi connectivity index (χ0v) is 12.0. The van der Waals surface area contributed by atoms with Gasteiger partial charge in [0.25, 0.3) is 0 Å².